The molecule has 1 saturated carbocycles. The Morgan fingerprint density at radius 2 is 1.82 bits per heavy atom. The SMILES string of the molecule is CCOc1ccc2c(c1)n(C1CCCC(C)C1)c(=O)n2S(=O)(=O)c1ccc(NC(=O)N(CC)CC)cc1OC. The van der Waals surface area contributed by atoms with Gasteiger partial charge in [-0.05, 0) is 63.8 Å². The number of aromatic nitrogens is 2. The lowest BCUT2D eigenvalue weighted by Gasteiger charge is -2.27. The number of imidazole rings is 1. The molecule has 2 unspecified atom stereocenters. The number of urea groups is 1. The lowest BCUT2D eigenvalue weighted by molar-refractivity contribution is 0.217. The first-order chi connectivity index (χ1) is 18.7. The van der Waals surface area contributed by atoms with E-state index in [2.05, 4.69) is 12.2 Å². The van der Waals surface area contributed by atoms with Gasteiger partial charge in [0.15, 0.2) is 0 Å². The first-order valence-electron chi connectivity index (χ1n) is 13.5. The molecule has 3 aromatic rings. The summed E-state index contributed by atoms with van der Waals surface area (Å²) in [5, 5.41) is 2.77. The van der Waals surface area contributed by atoms with Crippen molar-refractivity contribution in [2.24, 2.45) is 5.92 Å². The van der Waals surface area contributed by atoms with Crippen molar-refractivity contribution >= 4 is 32.8 Å². The van der Waals surface area contributed by atoms with Crippen LogP contribution in [0.3, 0.4) is 0 Å². The summed E-state index contributed by atoms with van der Waals surface area (Å²) >= 11 is 0. The lowest BCUT2D eigenvalue weighted by atomic mass is 9.87. The predicted octanol–water partition coefficient (Wildman–Crippen LogP) is 5.07. The molecular formula is C28H38N4O6S. The molecule has 1 aromatic heterocycles. The highest BCUT2D eigenvalue weighted by Gasteiger charge is 2.32. The molecule has 2 atom stereocenters. The summed E-state index contributed by atoms with van der Waals surface area (Å²) < 4.78 is 41.8. The van der Waals surface area contributed by atoms with Crippen molar-refractivity contribution < 1.29 is 22.7 Å². The normalized spacial score (nSPS) is 17.7. The highest BCUT2D eigenvalue weighted by Crippen LogP contribution is 2.36. The van der Waals surface area contributed by atoms with Crippen LogP contribution in [-0.2, 0) is 10.0 Å². The maximum absolute atomic E-state index is 14.1. The van der Waals surface area contributed by atoms with Gasteiger partial charge in [0.1, 0.15) is 16.4 Å². The number of rotatable bonds is 9. The Kier molecular flexibility index (Phi) is 8.58. The molecule has 1 heterocycles. The minimum absolute atomic E-state index is 0.0253. The zero-order chi connectivity index (χ0) is 28.3. The molecule has 1 N–H and O–H groups in total. The van der Waals surface area contributed by atoms with Crippen LogP contribution in [0, 0.1) is 5.92 Å². The number of methoxy groups -OCH3 is 1. The van der Waals surface area contributed by atoms with Gasteiger partial charge < -0.3 is 19.7 Å². The average Bonchev–Trinajstić information content (AvgIpc) is 3.21. The molecule has 11 heteroatoms. The van der Waals surface area contributed by atoms with Crippen LogP contribution in [0.2, 0.25) is 0 Å². The van der Waals surface area contributed by atoms with Gasteiger partial charge in [-0.2, -0.15) is 3.97 Å². The van der Waals surface area contributed by atoms with E-state index < -0.39 is 15.7 Å². The number of anilines is 1. The highest BCUT2D eigenvalue weighted by atomic mass is 32.2. The van der Waals surface area contributed by atoms with Crippen LogP contribution in [-0.4, -0.2) is 54.7 Å². The van der Waals surface area contributed by atoms with E-state index in [1.54, 1.807) is 27.7 Å². The van der Waals surface area contributed by atoms with Gasteiger partial charge in [-0.1, -0.05) is 19.8 Å². The van der Waals surface area contributed by atoms with E-state index in [1.807, 2.05) is 20.8 Å². The number of carbonyl (C=O) groups is 1. The molecule has 0 saturated heterocycles. The molecule has 0 radical (unpaired) electrons. The number of fused-ring (bicyclic) bond motifs is 1. The Morgan fingerprint density at radius 3 is 2.46 bits per heavy atom. The maximum Gasteiger partial charge on any atom is 0.343 e. The van der Waals surface area contributed by atoms with Crippen LogP contribution in [0.15, 0.2) is 46.1 Å². The van der Waals surface area contributed by atoms with E-state index in [9.17, 15) is 18.0 Å². The third-order valence-corrected chi connectivity index (χ3v) is 9.10. The summed E-state index contributed by atoms with van der Waals surface area (Å²) in [7, 11) is -3.02. The second kappa shape index (κ2) is 11.7. The smallest absolute Gasteiger partial charge is 0.343 e. The van der Waals surface area contributed by atoms with Crippen molar-refractivity contribution in [3.63, 3.8) is 0 Å². The molecule has 1 fully saturated rings. The van der Waals surface area contributed by atoms with E-state index in [1.165, 1.54) is 25.3 Å². The third kappa shape index (κ3) is 5.50. The highest BCUT2D eigenvalue weighted by molar-refractivity contribution is 7.90. The predicted molar refractivity (Wildman–Crippen MR) is 152 cm³/mol. The van der Waals surface area contributed by atoms with Gasteiger partial charge in [-0.15, -0.1) is 0 Å². The molecule has 0 spiro atoms. The Morgan fingerprint density at radius 1 is 1.08 bits per heavy atom. The number of ether oxygens (including phenoxy) is 2. The molecule has 39 heavy (non-hydrogen) atoms. The van der Waals surface area contributed by atoms with E-state index >= 15 is 0 Å². The van der Waals surface area contributed by atoms with Gasteiger partial charge in [0.25, 0.3) is 10.0 Å². The van der Waals surface area contributed by atoms with Crippen molar-refractivity contribution in [2.75, 3.05) is 32.1 Å². The third-order valence-electron chi connectivity index (χ3n) is 7.37. The summed E-state index contributed by atoms with van der Waals surface area (Å²) in [6, 6.07) is 8.93. The van der Waals surface area contributed by atoms with E-state index in [0.29, 0.717) is 42.6 Å². The summed E-state index contributed by atoms with van der Waals surface area (Å²) in [5.41, 5.74) is 0.576. The molecular weight excluding hydrogens is 520 g/mol. The van der Waals surface area contributed by atoms with Gasteiger partial charge in [-0.25, -0.2) is 18.0 Å². The molecule has 1 aliphatic carbocycles. The second-order valence-corrected chi connectivity index (χ2v) is 11.7. The number of amides is 2. The maximum atomic E-state index is 14.1. The van der Waals surface area contributed by atoms with Crippen molar-refractivity contribution in [1.82, 2.24) is 13.4 Å². The van der Waals surface area contributed by atoms with Crippen LogP contribution in [0.25, 0.3) is 11.0 Å². The quantitative estimate of drug-likeness (QED) is 0.392. The molecule has 0 bridgehead atoms. The second-order valence-electron chi connectivity index (χ2n) is 9.90. The fourth-order valence-corrected chi connectivity index (χ4v) is 6.96. The minimum atomic E-state index is -4.37. The fourth-order valence-electron chi connectivity index (χ4n) is 5.42. The number of hydrogen-bond acceptors (Lipinski definition) is 6. The number of hydrogen-bond donors (Lipinski definition) is 1. The monoisotopic (exact) mass is 558 g/mol. The molecule has 1 aliphatic rings. The number of carbonyl (C=O) groups excluding carboxylic acids is 1. The Bertz CT molecular complexity index is 1510. The van der Waals surface area contributed by atoms with Crippen LogP contribution in [0.1, 0.15) is 59.4 Å². The minimum Gasteiger partial charge on any atom is -0.495 e. The Balaban J connectivity index is 1.85. The standard InChI is InChI=1S/C28H38N4O6S/c1-6-30(7-2)27(33)29-20-12-15-26(25(17-20)37-5)39(35,36)32-23-14-13-22(38-8-3)18-24(23)31(28(32)34)21-11-9-10-19(4)16-21/h12-15,17-19,21H,6-11,16H2,1-5H3,(H,29,33). The number of nitrogens with one attached hydrogen (secondary N) is 1. The Labute approximate surface area is 229 Å². The number of benzene rings is 2. The number of nitrogens with zero attached hydrogens (tertiary/aromatic N) is 3. The van der Waals surface area contributed by atoms with Crippen molar-refractivity contribution in [3.8, 4) is 11.5 Å². The fraction of sp³-hybridized carbons (Fsp3) is 0.500. The van der Waals surface area contributed by atoms with E-state index in [-0.39, 0.29) is 28.2 Å². The molecule has 0 aliphatic heterocycles. The van der Waals surface area contributed by atoms with Gasteiger partial charge in [-0.3, -0.25) is 4.57 Å². The topological polar surface area (TPSA) is 112 Å². The first kappa shape index (κ1) is 28.5. The van der Waals surface area contributed by atoms with E-state index in [4.69, 9.17) is 9.47 Å². The van der Waals surface area contributed by atoms with Gasteiger partial charge in [0.2, 0.25) is 0 Å². The first-order valence-corrected chi connectivity index (χ1v) is 15.0. The van der Waals surface area contributed by atoms with Gasteiger partial charge in [0, 0.05) is 37.0 Å². The van der Waals surface area contributed by atoms with Crippen molar-refractivity contribution in [2.45, 2.75) is 64.3 Å². The molecule has 2 aromatic carbocycles. The van der Waals surface area contributed by atoms with Crippen molar-refractivity contribution in [1.29, 1.82) is 0 Å². The summed E-state index contributed by atoms with van der Waals surface area (Å²) in [5.74, 6) is 1.03. The zero-order valence-electron chi connectivity index (χ0n) is 23.3. The zero-order valence-corrected chi connectivity index (χ0v) is 24.1. The van der Waals surface area contributed by atoms with Crippen LogP contribution in [0.5, 0.6) is 11.5 Å². The summed E-state index contributed by atoms with van der Waals surface area (Å²) in [4.78, 5) is 27.9. The van der Waals surface area contributed by atoms with E-state index in [0.717, 1.165) is 29.7 Å². The lowest BCUT2D eigenvalue weighted by Crippen LogP contribution is -2.34. The van der Waals surface area contributed by atoms with Crippen LogP contribution in [0.4, 0.5) is 10.5 Å². The molecule has 4 rings (SSSR count). The molecule has 2 amide bonds. The van der Waals surface area contributed by atoms with Crippen LogP contribution < -0.4 is 20.5 Å². The summed E-state index contributed by atoms with van der Waals surface area (Å²) in [6.07, 6.45) is 3.65. The summed E-state index contributed by atoms with van der Waals surface area (Å²) in [6.45, 7) is 9.29. The largest absolute Gasteiger partial charge is 0.495 e. The Hall–Kier alpha value is -3.47. The molecule has 212 valence electrons. The molecule has 10 nitrogen and oxygen atoms in total. The average molecular weight is 559 g/mol. The van der Waals surface area contributed by atoms with Crippen LogP contribution >= 0.6 is 0 Å². The van der Waals surface area contributed by atoms with Gasteiger partial charge in [0.05, 0.1) is 24.8 Å². The van der Waals surface area contributed by atoms with Gasteiger partial charge >= 0.3 is 11.7 Å². The van der Waals surface area contributed by atoms with Crippen molar-refractivity contribution in [3.05, 3.63) is 46.9 Å².